The lowest BCUT2D eigenvalue weighted by Gasteiger charge is -2.44. The number of amides is 1. The van der Waals surface area contributed by atoms with Gasteiger partial charge >= 0.3 is 0 Å². The van der Waals surface area contributed by atoms with Crippen molar-refractivity contribution >= 4 is 5.91 Å². The molecule has 2 bridgehead atoms. The van der Waals surface area contributed by atoms with Crippen LogP contribution >= 0.6 is 0 Å². The molecule has 0 spiro atoms. The summed E-state index contributed by atoms with van der Waals surface area (Å²) in [5.74, 6) is 1.27. The number of carbonyl (C=O) groups excluding carboxylic acids is 1. The fourth-order valence-corrected chi connectivity index (χ4v) is 3.40. The number of hydrogen-bond donors (Lipinski definition) is 1. The van der Waals surface area contributed by atoms with Gasteiger partial charge in [0.15, 0.2) is 0 Å². The van der Waals surface area contributed by atoms with Crippen molar-refractivity contribution in [3.8, 4) is 0 Å². The minimum absolute atomic E-state index is 0.0825. The molecule has 20 heavy (non-hydrogen) atoms. The molecule has 3 aliphatic rings. The second-order valence-electron chi connectivity index (χ2n) is 6.49. The standard InChI is InChI=1S/C17H24N2O/c1-12(2)13-3-5-15(6-4-13)17(20)18-16-11-19-9-7-14(16)8-10-19/h3-6,12,14,16H,7-11H2,1-2H3,(H,18,20). The van der Waals surface area contributed by atoms with E-state index in [4.69, 9.17) is 0 Å². The molecule has 3 heterocycles. The molecule has 4 rings (SSSR count). The Labute approximate surface area is 121 Å². The predicted octanol–water partition coefficient (Wildman–Crippen LogP) is 2.63. The summed E-state index contributed by atoms with van der Waals surface area (Å²) in [6, 6.07) is 8.37. The van der Waals surface area contributed by atoms with Gasteiger partial charge in [0, 0.05) is 18.2 Å². The number of rotatable bonds is 3. The van der Waals surface area contributed by atoms with Crippen LogP contribution in [0.2, 0.25) is 0 Å². The highest BCUT2D eigenvalue weighted by atomic mass is 16.1. The molecule has 3 fully saturated rings. The number of piperidine rings is 3. The first-order valence-corrected chi connectivity index (χ1v) is 7.76. The zero-order valence-electron chi connectivity index (χ0n) is 12.4. The molecule has 108 valence electrons. The molecule has 0 saturated carbocycles. The Hall–Kier alpha value is -1.35. The minimum Gasteiger partial charge on any atom is -0.348 e. The fraction of sp³-hybridized carbons (Fsp3) is 0.588. The van der Waals surface area contributed by atoms with Crippen LogP contribution in [-0.4, -0.2) is 36.5 Å². The highest BCUT2D eigenvalue weighted by Crippen LogP contribution is 2.27. The van der Waals surface area contributed by atoms with Crippen LogP contribution in [0.1, 0.15) is 48.5 Å². The van der Waals surface area contributed by atoms with Crippen LogP contribution in [0.4, 0.5) is 0 Å². The van der Waals surface area contributed by atoms with E-state index >= 15 is 0 Å². The van der Waals surface area contributed by atoms with E-state index in [0.29, 0.717) is 17.9 Å². The molecule has 1 amide bonds. The number of hydrogen-bond acceptors (Lipinski definition) is 2. The van der Waals surface area contributed by atoms with Crippen molar-refractivity contribution < 1.29 is 4.79 Å². The van der Waals surface area contributed by atoms with E-state index < -0.39 is 0 Å². The third-order valence-corrected chi connectivity index (χ3v) is 4.81. The molecule has 1 aromatic carbocycles. The van der Waals surface area contributed by atoms with Crippen molar-refractivity contribution in [1.29, 1.82) is 0 Å². The molecule has 3 saturated heterocycles. The van der Waals surface area contributed by atoms with Crippen LogP contribution in [0.5, 0.6) is 0 Å². The van der Waals surface area contributed by atoms with Gasteiger partial charge in [-0.05, 0) is 55.5 Å². The summed E-state index contributed by atoms with van der Waals surface area (Å²) in [6.45, 7) is 7.78. The maximum Gasteiger partial charge on any atom is 0.251 e. The topological polar surface area (TPSA) is 32.3 Å². The van der Waals surface area contributed by atoms with E-state index in [-0.39, 0.29) is 5.91 Å². The first kappa shape index (κ1) is 13.6. The molecule has 0 radical (unpaired) electrons. The average Bonchev–Trinajstić information content (AvgIpc) is 2.48. The van der Waals surface area contributed by atoms with Gasteiger partial charge in [-0.15, -0.1) is 0 Å². The molecule has 3 heteroatoms. The number of nitrogens with zero attached hydrogens (tertiary/aromatic N) is 1. The van der Waals surface area contributed by atoms with Gasteiger partial charge in [0.1, 0.15) is 0 Å². The van der Waals surface area contributed by atoms with Gasteiger partial charge in [0.05, 0.1) is 0 Å². The summed E-state index contributed by atoms with van der Waals surface area (Å²) in [5.41, 5.74) is 2.07. The van der Waals surface area contributed by atoms with Gasteiger partial charge in [-0.3, -0.25) is 4.79 Å². The van der Waals surface area contributed by atoms with Gasteiger partial charge in [-0.1, -0.05) is 26.0 Å². The molecule has 3 nitrogen and oxygen atoms in total. The second-order valence-corrected chi connectivity index (χ2v) is 6.49. The van der Waals surface area contributed by atoms with E-state index in [9.17, 15) is 4.79 Å². The summed E-state index contributed by atoms with van der Waals surface area (Å²) in [7, 11) is 0. The second kappa shape index (κ2) is 5.57. The third kappa shape index (κ3) is 2.73. The largest absolute Gasteiger partial charge is 0.348 e. The van der Waals surface area contributed by atoms with Gasteiger partial charge in [-0.2, -0.15) is 0 Å². The zero-order chi connectivity index (χ0) is 14.1. The maximum atomic E-state index is 12.3. The zero-order valence-corrected chi connectivity index (χ0v) is 12.4. The van der Waals surface area contributed by atoms with Gasteiger partial charge in [-0.25, -0.2) is 0 Å². The quantitative estimate of drug-likeness (QED) is 0.917. The van der Waals surface area contributed by atoms with Crippen molar-refractivity contribution in [1.82, 2.24) is 10.2 Å². The van der Waals surface area contributed by atoms with Crippen LogP contribution < -0.4 is 5.32 Å². The fourth-order valence-electron chi connectivity index (χ4n) is 3.40. The number of nitrogens with one attached hydrogen (secondary N) is 1. The molecular formula is C17H24N2O. The van der Waals surface area contributed by atoms with Crippen molar-refractivity contribution in [3.63, 3.8) is 0 Å². The van der Waals surface area contributed by atoms with Crippen LogP contribution in [0.3, 0.4) is 0 Å². The Morgan fingerprint density at radius 3 is 2.35 bits per heavy atom. The highest BCUT2D eigenvalue weighted by molar-refractivity contribution is 5.94. The van der Waals surface area contributed by atoms with Gasteiger partial charge < -0.3 is 10.2 Å². The average molecular weight is 272 g/mol. The van der Waals surface area contributed by atoms with Crippen LogP contribution in [0.15, 0.2) is 24.3 Å². The Kier molecular flexibility index (Phi) is 3.79. The SMILES string of the molecule is CC(C)c1ccc(C(=O)NC2CN3CCC2CC3)cc1. The summed E-state index contributed by atoms with van der Waals surface area (Å²) in [4.78, 5) is 14.8. The normalized spacial score (nSPS) is 28.6. The Balaban J connectivity index is 1.64. The monoisotopic (exact) mass is 272 g/mol. The summed E-state index contributed by atoms with van der Waals surface area (Å²) in [6.07, 6.45) is 2.47. The van der Waals surface area contributed by atoms with Crippen molar-refractivity contribution in [2.75, 3.05) is 19.6 Å². The van der Waals surface area contributed by atoms with Crippen LogP contribution in [-0.2, 0) is 0 Å². The van der Waals surface area contributed by atoms with E-state index in [1.807, 2.05) is 12.1 Å². The van der Waals surface area contributed by atoms with Crippen LogP contribution in [0.25, 0.3) is 0 Å². The maximum absolute atomic E-state index is 12.3. The van der Waals surface area contributed by atoms with Crippen molar-refractivity contribution in [2.24, 2.45) is 5.92 Å². The van der Waals surface area contributed by atoms with E-state index in [1.165, 1.54) is 31.5 Å². The molecule has 3 aliphatic heterocycles. The smallest absolute Gasteiger partial charge is 0.251 e. The molecule has 1 unspecified atom stereocenters. The molecule has 0 aromatic heterocycles. The Morgan fingerprint density at radius 1 is 1.20 bits per heavy atom. The van der Waals surface area contributed by atoms with Crippen molar-refractivity contribution in [2.45, 2.75) is 38.6 Å². The lowest BCUT2D eigenvalue weighted by atomic mass is 9.84. The number of carbonyl (C=O) groups is 1. The Morgan fingerprint density at radius 2 is 1.85 bits per heavy atom. The van der Waals surface area contributed by atoms with E-state index in [1.54, 1.807) is 0 Å². The first-order chi connectivity index (χ1) is 9.63. The molecule has 1 aromatic rings. The van der Waals surface area contributed by atoms with E-state index in [0.717, 1.165) is 12.1 Å². The minimum atomic E-state index is 0.0825. The molecule has 1 N–H and O–H groups in total. The van der Waals surface area contributed by atoms with E-state index in [2.05, 4.69) is 36.2 Å². The van der Waals surface area contributed by atoms with Crippen LogP contribution in [0, 0.1) is 5.92 Å². The predicted molar refractivity (Wildman–Crippen MR) is 80.9 cm³/mol. The summed E-state index contributed by atoms with van der Waals surface area (Å²) < 4.78 is 0. The molecule has 0 aliphatic carbocycles. The summed E-state index contributed by atoms with van der Waals surface area (Å²) in [5, 5.41) is 3.23. The van der Waals surface area contributed by atoms with Gasteiger partial charge in [0.25, 0.3) is 5.91 Å². The number of benzene rings is 1. The van der Waals surface area contributed by atoms with Crippen molar-refractivity contribution in [3.05, 3.63) is 35.4 Å². The Bertz CT molecular complexity index is 472. The first-order valence-electron chi connectivity index (χ1n) is 7.76. The van der Waals surface area contributed by atoms with Gasteiger partial charge in [0.2, 0.25) is 0 Å². The molecule has 1 atom stereocenters. The number of fused-ring (bicyclic) bond motifs is 3. The third-order valence-electron chi connectivity index (χ3n) is 4.81. The molecular weight excluding hydrogens is 248 g/mol. The highest BCUT2D eigenvalue weighted by Gasteiger charge is 2.34. The lowest BCUT2D eigenvalue weighted by molar-refractivity contribution is 0.0620. The summed E-state index contributed by atoms with van der Waals surface area (Å²) >= 11 is 0. The lowest BCUT2D eigenvalue weighted by Crippen LogP contribution is -2.57.